The van der Waals surface area contributed by atoms with Crippen LogP contribution in [0.5, 0.6) is 0 Å². The molecule has 0 atom stereocenters. The Morgan fingerprint density at radius 2 is 1.83 bits per heavy atom. The van der Waals surface area contributed by atoms with E-state index >= 15 is 0 Å². The van der Waals surface area contributed by atoms with E-state index in [1.165, 1.54) is 11.3 Å². The van der Waals surface area contributed by atoms with Crippen LogP contribution < -0.4 is 5.32 Å². The number of para-hydroxylation sites is 1. The number of aromatic nitrogens is 4. The molecule has 1 amide bonds. The molecule has 0 saturated carbocycles. The van der Waals surface area contributed by atoms with Crippen molar-refractivity contribution >= 4 is 38.8 Å². The van der Waals surface area contributed by atoms with Gasteiger partial charge in [0.25, 0.3) is 5.91 Å². The maximum Gasteiger partial charge on any atom is 0.263 e. The number of rotatable bonds is 5. The summed E-state index contributed by atoms with van der Waals surface area (Å²) in [5, 5.41) is 4.33. The minimum atomic E-state index is -0.204. The normalized spacial score (nSPS) is 11.1. The van der Waals surface area contributed by atoms with Crippen LogP contribution in [-0.2, 0) is 6.54 Å². The second-order valence-electron chi connectivity index (χ2n) is 6.44. The molecule has 5 rings (SSSR count). The topological polar surface area (TPSA) is 93.8 Å². The minimum absolute atomic E-state index is 0.204. The lowest BCUT2D eigenvalue weighted by Gasteiger charge is -2.01. The Balaban J connectivity index is 1.29. The third-order valence-electron chi connectivity index (χ3n) is 4.35. The fourth-order valence-electron chi connectivity index (χ4n) is 2.93. The number of furan rings is 1. The highest BCUT2D eigenvalue weighted by Gasteiger charge is 2.18. The third kappa shape index (κ3) is 3.60. The standard InChI is InChI=1S/C21H15N5O2S2/c1-12-17(30-21(25-12)18-22-9-4-10-23-18)19(27)24-11-13-7-8-15(28-13)20-26-14-5-2-3-6-16(14)29-20/h2-10H,11H2,1H3,(H,24,27). The van der Waals surface area contributed by atoms with Gasteiger partial charge in [-0.05, 0) is 37.3 Å². The lowest BCUT2D eigenvalue weighted by Crippen LogP contribution is -2.22. The molecule has 5 aromatic rings. The Morgan fingerprint density at radius 1 is 1.00 bits per heavy atom. The second kappa shape index (κ2) is 7.77. The number of fused-ring (bicyclic) bond motifs is 1. The van der Waals surface area contributed by atoms with Crippen molar-refractivity contribution in [2.24, 2.45) is 0 Å². The van der Waals surface area contributed by atoms with E-state index in [9.17, 15) is 4.79 Å². The van der Waals surface area contributed by atoms with Crippen LogP contribution in [0.2, 0.25) is 0 Å². The molecule has 9 heteroatoms. The molecule has 30 heavy (non-hydrogen) atoms. The van der Waals surface area contributed by atoms with E-state index in [1.54, 1.807) is 36.7 Å². The van der Waals surface area contributed by atoms with E-state index in [2.05, 4.69) is 25.3 Å². The van der Waals surface area contributed by atoms with Crippen LogP contribution in [0.25, 0.3) is 31.8 Å². The van der Waals surface area contributed by atoms with Gasteiger partial charge in [-0.3, -0.25) is 4.79 Å². The van der Waals surface area contributed by atoms with Crippen LogP contribution in [0.3, 0.4) is 0 Å². The van der Waals surface area contributed by atoms with E-state index in [0.717, 1.165) is 15.2 Å². The molecule has 0 aliphatic carbocycles. The number of nitrogens with zero attached hydrogens (tertiary/aromatic N) is 4. The quantitative estimate of drug-likeness (QED) is 0.431. The highest BCUT2D eigenvalue weighted by atomic mass is 32.1. The van der Waals surface area contributed by atoms with Gasteiger partial charge in [0.1, 0.15) is 10.6 Å². The smallest absolute Gasteiger partial charge is 0.263 e. The van der Waals surface area contributed by atoms with Crippen molar-refractivity contribution in [3.63, 3.8) is 0 Å². The summed E-state index contributed by atoms with van der Waals surface area (Å²) in [4.78, 5) is 30.6. The van der Waals surface area contributed by atoms with Crippen LogP contribution in [0.1, 0.15) is 21.1 Å². The summed E-state index contributed by atoms with van der Waals surface area (Å²) in [5.74, 6) is 1.66. The molecule has 0 spiro atoms. The summed E-state index contributed by atoms with van der Waals surface area (Å²) in [6, 6.07) is 13.4. The van der Waals surface area contributed by atoms with Crippen molar-refractivity contribution in [2.75, 3.05) is 0 Å². The molecule has 0 bridgehead atoms. The fourth-order valence-corrected chi connectivity index (χ4v) is 4.78. The summed E-state index contributed by atoms with van der Waals surface area (Å²) < 4.78 is 7.00. The number of hydrogen-bond acceptors (Lipinski definition) is 8. The van der Waals surface area contributed by atoms with Gasteiger partial charge in [-0.15, -0.1) is 22.7 Å². The predicted molar refractivity (Wildman–Crippen MR) is 116 cm³/mol. The first-order valence-electron chi connectivity index (χ1n) is 9.15. The third-order valence-corrected chi connectivity index (χ3v) is 6.55. The minimum Gasteiger partial charge on any atom is -0.457 e. The summed E-state index contributed by atoms with van der Waals surface area (Å²) in [7, 11) is 0. The van der Waals surface area contributed by atoms with Gasteiger partial charge in [-0.25, -0.2) is 19.9 Å². The molecule has 0 unspecified atom stereocenters. The average molecular weight is 434 g/mol. The average Bonchev–Trinajstić information content (AvgIpc) is 3.50. The molecule has 1 aromatic carbocycles. The number of benzene rings is 1. The van der Waals surface area contributed by atoms with Crippen LogP contribution in [0.4, 0.5) is 0 Å². The van der Waals surface area contributed by atoms with Gasteiger partial charge >= 0.3 is 0 Å². The molecular weight excluding hydrogens is 418 g/mol. The van der Waals surface area contributed by atoms with Crippen molar-refractivity contribution in [3.8, 4) is 21.6 Å². The molecule has 0 radical (unpaired) electrons. The Kier molecular flexibility index (Phi) is 4.82. The van der Waals surface area contributed by atoms with Gasteiger partial charge in [0.2, 0.25) is 0 Å². The van der Waals surface area contributed by atoms with Gasteiger partial charge in [-0.1, -0.05) is 12.1 Å². The van der Waals surface area contributed by atoms with E-state index < -0.39 is 0 Å². The Morgan fingerprint density at radius 3 is 2.67 bits per heavy atom. The molecule has 148 valence electrons. The van der Waals surface area contributed by atoms with Gasteiger partial charge in [-0.2, -0.15) is 0 Å². The molecule has 4 heterocycles. The number of hydrogen-bond donors (Lipinski definition) is 1. The molecule has 0 fully saturated rings. The summed E-state index contributed by atoms with van der Waals surface area (Å²) in [6.45, 7) is 2.08. The monoisotopic (exact) mass is 433 g/mol. The SMILES string of the molecule is Cc1nc(-c2ncccn2)sc1C(=O)NCc1ccc(-c2nc3ccccc3s2)o1. The summed E-state index contributed by atoms with van der Waals surface area (Å²) >= 11 is 2.85. The Labute approximate surface area is 179 Å². The number of thiazole rings is 2. The van der Waals surface area contributed by atoms with Crippen molar-refractivity contribution in [2.45, 2.75) is 13.5 Å². The van der Waals surface area contributed by atoms with E-state index in [4.69, 9.17) is 4.42 Å². The van der Waals surface area contributed by atoms with Crippen molar-refractivity contribution in [1.82, 2.24) is 25.3 Å². The highest BCUT2D eigenvalue weighted by Crippen LogP contribution is 2.31. The molecule has 1 N–H and O–H groups in total. The molecule has 7 nitrogen and oxygen atoms in total. The lowest BCUT2D eigenvalue weighted by molar-refractivity contribution is 0.0951. The molecule has 4 aromatic heterocycles. The lowest BCUT2D eigenvalue weighted by atomic mass is 10.3. The summed E-state index contributed by atoms with van der Waals surface area (Å²) in [6.07, 6.45) is 3.30. The van der Waals surface area contributed by atoms with Crippen molar-refractivity contribution in [1.29, 1.82) is 0 Å². The molecule has 0 aliphatic rings. The first-order valence-corrected chi connectivity index (χ1v) is 10.8. The molecule has 0 saturated heterocycles. The number of nitrogens with one attached hydrogen (secondary N) is 1. The van der Waals surface area contributed by atoms with Gasteiger partial charge < -0.3 is 9.73 Å². The highest BCUT2D eigenvalue weighted by molar-refractivity contribution is 7.21. The van der Waals surface area contributed by atoms with Gasteiger partial charge in [0.15, 0.2) is 21.6 Å². The van der Waals surface area contributed by atoms with Crippen LogP contribution >= 0.6 is 22.7 Å². The molecule has 0 aliphatic heterocycles. The number of carbonyl (C=O) groups excluding carboxylic acids is 1. The molecular formula is C21H15N5O2S2. The first kappa shape index (κ1) is 18.6. The van der Waals surface area contributed by atoms with Crippen LogP contribution in [0, 0.1) is 6.92 Å². The van der Waals surface area contributed by atoms with Crippen LogP contribution in [0.15, 0.2) is 59.3 Å². The maximum atomic E-state index is 12.6. The Bertz CT molecular complexity index is 1310. The second-order valence-corrected chi connectivity index (χ2v) is 8.47. The zero-order valence-electron chi connectivity index (χ0n) is 15.8. The van der Waals surface area contributed by atoms with Gasteiger partial charge in [0.05, 0.1) is 22.5 Å². The van der Waals surface area contributed by atoms with Crippen molar-refractivity contribution < 1.29 is 9.21 Å². The van der Waals surface area contributed by atoms with E-state index in [1.807, 2.05) is 36.4 Å². The summed E-state index contributed by atoms with van der Waals surface area (Å²) in [5.41, 5.74) is 1.59. The zero-order chi connectivity index (χ0) is 20.5. The first-order chi connectivity index (χ1) is 14.7. The van der Waals surface area contributed by atoms with Crippen molar-refractivity contribution in [3.05, 3.63) is 71.2 Å². The fraction of sp³-hybridized carbons (Fsp3) is 0.0952. The number of aryl methyl sites for hydroxylation is 1. The van der Waals surface area contributed by atoms with E-state index in [-0.39, 0.29) is 12.5 Å². The van der Waals surface area contributed by atoms with Crippen LogP contribution in [-0.4, -0.2) is 25.8 Å². The Hall–Kier alpha value is -3.43. The predicted octanol–water partition coefficient (Wildman–Crippen LogP) is 4.71. The number of carbonyl (C=O) groups is 1. The largest absolute Gasteiger partial charge is 0.457 e. The van der Waals surface area contributed by atoms with E-state index in [0.29, 0.717) is 32.9 Å². The maximum absolute atomic E-state index is 12.6. The van der Waals surface area contributed by atoms with Gasteiger partial charge in [0, 0.05) is 12.4 Å². The number of amides is 1. The zero-order valence-corrected chi connectivity index (χ0v) is 17.5.